The summed E-state index contributed by atoms with van der Waals surface area (Å²) in [5.74, 6) is -0.385. The number of hydrogen-bond donors (Lipinski definition) is 0. The van der Waals surface area contributed by atoms with Gasteiger partial charge in [-0.3, -0.25) is 14.5 Å². The molecule has 0 N–H and O–H groups in total. The van der Waals surface area contributed by atoms with E-state index in [1.807, 2.05) is 4.90 Å². The van der Waals surface area contributed by atoms with Gasteiger partial charge < -0.3 is 4.74 Å². The molecule has 0 saturated carbocycles. The number of morpholine rings is 1. The van der Waals surface area contributed by atoms with Crippen LogP contribution in [0.4, 0.5) is 5.69 Å². The van der Waals surface area contributed by atoms with Gasteiger partial charge in [0, 0.05) is 13.1 Å². The summed E-state index contributed by atoms with van der Waals surface area (Å²) in [5, 5.41) is 0.414. The number of para-hydroxylation sites is 1. The van der Waals surface area contributed by atoms with Crippen LogP contribution in [0.1, 0.15) is 6.42 Å². The van der Waals surface area contributed by atoms with Crippen LogP contribution in [0, 0.1) is 0 Å². The summed E-state index contributed by atoms with van der Waals surface area (Å²) >= 11 is 6.09. The quantitative estimate of drug-likeness (QED) is 0.772. The lowest BCUT2D eigenvalue weighted by Gasteiger charge is -2.30. The van der Waals surface area contributed by atoms with E-state index in [2.05, 4.69) is 0 Å². The van der Waals surface area contributed by atoms with E-state index in [1.54, 1.807) is 24.3 Å². The molecule has 0 spiro atoms. The number of anilines is 1. The number of ether oxygens (including phenoxy) is 1. The molecule has 6 heteroatoms. The minimum Gasteiger partial charge on any atom is -0.379 e. The Bertz CT molecular complexity index is 543. The lowest BCUT2D eigenvalue weighted by molar-refractivity contribution is -0.123. The Morgan fingerprint density at radius 3 is 2.55 bits per heavy atom. The van der Waals surface area contributed by atoms with Crippen molar-refractivity contribution in [3.8, 4) is 0 Å². The van der Waals surface area contributed by atoms with Crippen LogP contribution < -0.4 is 4.90 Å². The van der Waals surface area contributed by atoms with Crippen LogP contribution in [-0.4, -0.2) is 49.1 Å². The zero-order valence-electron chi connectivity index (χ0n) is 10.9. The van der Waals surface area contributed by atoms with E-state index in [0.717, 1.165) is 0 Å². The summed E-state index contributed by atoms with van der Waals surface area (Å²) < 4.78 is 5.28. The third-order valence-corrected chi connectivity index (χ3v) is 4.02. The second-order valence-electron chi connectivity index (χ2n) is 4.89. The first-order valence-corrected chi connectivity index (χ1v) is 6.99. The van der Waals surface area contributed by atoms with Gasteiger partial charge in [-0.1, -0.05) is 23.7 Å². The van der Waals surface area contributed by atoms with Gasteiger partial charge in [0.1, 0.15) is 0 Å². The molecule has 0 aliphatic carbocycles. The molecule has 2 saturated heterocycles. The van der Waals surface area contributed by atoms with E-state index in [-0.39, 0.29) is 24.3 Å². The van der Waals surface area contributed by atoms with Crippen molar-refractivity contribution < 1.29 is 14.3 Å². The van der Waals surface area contributed by atoms with Crippen molar-refractivity contribution >= 4 is 29.1 Å². The first-order valence-electron chi connectivity index (χ1n) is 6.61. The second-order valence-corrected chi connectivity index (χ2v) is 5.29. The van der Waals surface area contributed by atoms with Crippen LogP contribution >= 0.6 is 11.6 Å². The normalized spacial score (nSPS) is 24.4. The van der Waals surface area contributed by atoms with E-state index >= 15 is 0 Å². The summed E-state index contributed by atoms with van der Waals surface area (Å²) in [5.41, 5.74) is 0.472. The Kier molecular flexibility index (Phi) is 3.74. The van der Waals surface area contributed by atoms with E-state index in [9.17, 15) is 9.59 Å². The SMILES string of the molecule is O=C1C[C@@H](N2CCOCC2)C(=O)N1c1ccccc1Cl. The van der Waals surface area contributed by atoms with Crippen molar-refractivity contribution in [2.24, 2.45) is 0 Å². The number of rotatable bonds is 2. The summed E-state index contributed by atoms with van der Waals surface area (Å²) in [7, 11) is 0. The zero-order chi connectivity index (χ0) is 14.1. The Hall–Kier alpha value is -1.43. The Labute approximate surface area is 122 Å². The number of carbonyl (C=O) groups excluding carboxylic acids is 2. The van der Waals surface area contributed by atoms with Gasteiger partial charge in [-0.15, -0.1) is 0 Å². The summed E-state index contributed by atoms with van der Waals surface area (Å²) in [6.07, 6.45) is 0.212. The van der Waals surface area contributed by atoms with Gasteiger partial charge in [0.25, 0.3) is 5.91 Å². The van der Waals surface area contributed by atoms with Gasteiger partial charge in [0.15, 0.2) is 0 Å². The molecule has 0 bridgehead atoms. The van der Waals surface area contributed by atoms with Crippen molar-refractivity contribution in [1.29, 1.82) is 0 Å². The molecule has 3 rings (SSSR count). The van der Waals surface area contributed by atoms with Gasteiger partial charge in [0.05, 0.1) is 36.4 Å². The fraction of sp³-hybridized carbons (Fsp3) is 0.429. The van der Waals surface area contributed by atoms with E-state index in [4.69, 9.17) is 16.3 Å². The van der Waals surface area contributed by atoms with Gasteiger partial charge in [-0.25, -0.2) is 4.90 Å². The van der Waals surface area contributed by atoms with Crippen molar-refractivity contribution in [3.05, 3.63) is 29.3 Å². The number of amides is 2. The van der Waals surface area contributed by atoms with Gasteiger partial charge in [-0.05, 0) is 12.1 Å². The summed E-state index contributed by atoms with van der Waals surface area (Å²) in [4.78, 5) is 27.9. The standard InChI is InChI=1S/C14H15ClN2O3/c15-10-3-1-2-4-11(10)17-13(18)9-12(14(17)19)16-5-7-20-8-6-16/h1-4,12H,5-9H2/t12-/m1/s1. The van der Waals surface area contributed by atoms with Crippen molar-refractivity contribution in [3.63, 3.8) is 0 Å². The number of nitrogens with zero attached hydrogens (tertiary/aromatic N) is 2. The second kappa shape index (κ2) is 5.52. The number of imide groups is 1. The highest BCUT2D eigenvalue weighted by atomic mass is 35.5. The summed E-state index contributed by atoms with van der Waals surface area (Å²) in [6.45, 7) is 2.56. The fourth-order valence-electron chi connectivity index (χ4n) is 2.68. The monoisotopic (exact) mass is 294 g/mol. The van der Waals surface area contributed by atoms with Crippen LogP contribution in [0.15, 0.2) is 24.3 Å². The lowest BCUT2D eigenvalue weighted by atomic mass is 10.2. The zero-order valence-corrected chi connectivity index (χ0v) is 11.7. The van der Waals surface area contributed by atoms with Crippen molar-refractivity contribution in [1.82, 2.24) is 4.90 Å². The minimum absolute atomic E-state index is 0.190. The average Bonchev–Trinajstić information content (AvgIpc) is 2.76. The predicted molar refractivity (Wildman–Crippen MR) is 74.7 cm³/mol. The number of hydrogen-bond acceptors (Lipinski definition) is 4. The van der Waals surface area contributed by atoms with Crippen LogP contribution in [0.25, 0.3) is 0 Å². The maximum atomic E-state index is 12.5. The first kappa shape index (κ1) is 13.5. The Morgan fingerprint density at radius 2 is 1.85 bits per heavy atom. The Balaban J connectivity index is 1.85. The molecule has 1 aromatic carbocycles. The number of benzene rings is 1. The molecule has 2 amide bonds. The minimum atomic E-state index is -0.386. The molecule has 1 aromatic rings. The third kappa shape index (κ3) is 2.32. The molecule has 2 heterocycles. The molecule has 0 radical (unpaired) electrons. The van der Waals surface area contributed by atoms with Crippen molar-refractivity contribution in [2.75, 3.05) is 31.2 Å². The molecule has 2 aliphatic rings. The fourth-order valence-corrected chi connectivity index (χ4v) is 2.90. The van der Waals surface area contributed by atoms with Crippen LogP contribution in [0.5, 0.6) is 0 Å². The van der Waals surface area contributed by atoms with E-state index < -0.39 is 0 Å². The maximum absolute atomic E-state index is 12.5. The Morgan fingerprint density at radius 1 is 1.15 bits per heavy atom. The highest BCUT2D eigenvalue weighted by molar-refractivity contribution is 6.36. The van der Waals surface area contributed by atoms with Crippen LogP contribution in [-0.2, 0) is 14.3 Å². The molecule has 1 atom stereocenters. The topological polar surface area (TPSA) is 49.9 Å². The van der Waals surface area contributed by atoms with Crippen molar-refractivity contribution in [2.45, 2.75) is 12.5 Å². The highest BCUT2D eigenvalue weighted by Gasteiger charge is 2.43. The number of halogens is 1. The van der Waals surface area contributed by atoms with Crippen LogP contribution in [0.3, 0.4) is 0 Å². The molecule has 0 aromatic heterocycles. The largest absolute Gasteiger partial charge is 0.379 e. The van der Waals surface area contributed by atoms with Gasteiger partial charge >= 0.3 is 0 Å². The molecule has 106 valence electrons. The molecular formula is C14H15ClN2O3. The summed E-state index contributed by atoms with van der Waals surface area (Å²) in [6, 6.07) is 6.53. The van der Waals surface area contributed by atoms with E-state index in [1.165, 1.54) is 4.90 Å². The van der Waals surface area contributed by atoms with Gasteiger partial charge in [0.2, 0.25) is 5.91 Å². The lowest BCUT2D eigenvalue weighted by Crippen LogP contribution is -2.47. The molecular weight excluding hydrogens is 280 g/mol. The highest BCUT2D eigenvalue weighted by Crippen LogP contribution is 2.31. The molecule has 2 aliphatic heterocycles. The molecule has 5 nitrogen and oxygen atoms in total. The molecule has 20 heavy (non-hydrogen) atoms. The first-order chi connectivity index (χ1) is 9.68. The third-order valence-electron chi connectivity index (χ3n) is 3.70. The van der Waals surface area contributed by atoms with Crippen LogP contribution in [0.2, 0.25) is 5.02 Å². The number of carbonyl (C=O) groups is 2. The molecule has 0 unspecified atom stereocenters. The smallest absolute Gasteiger partial charge is 0.251 e. The molecule has 2 fully saturated rings. The average molecular weight is 295 g/mol. The predicted octanol–water partition coefficient (Wildman–Crippen LogP) is 1.30. The van der Waals surface area contributed by atoms with E-state index in [0.29, 0.717) is 37.0 Å². The maximum Gasteiger partial charge on any atom is 0.251 e. The van der Waals surface area contributed by atoms with Gasteiger partial charge in [-0.2, -0.15) is 0 Å².